The van der Waals surface area contributed by atoms with Crippen molar-refractivity contribution < 1.29 is 13.5 Å². The quantitative estimate of drug-likeness (QED) is 0.471. The summed E-state index contributed by atoms with van der Waals surface area (Å²) in [5.41, 5.74) is 6.54. The maximum absolute atomic E-state index is 12.3. The van der Waals surface area contributed by atoms with E-state index in [0.29, 0.717) is 11.5 Å². The molecule has 0 radical (unpaired) electrons. The number of aliphatic imine (C=N–C) groups is 1. The number of alkyl halides is 2. The average molecular weight is 411 g/mol. The van der Waals surface area contributed by atoms with Crippen LogP contribution in [0.2, 0.25) is 0 Å². The molecule has 1 aromatic carbocycles. The monoisotopic (exact) mass is 411 g/mol. The van der Waals surface area contributed by atoms with E-state index in [1.54, 1.807) is 18.2 Å². The zero-order valence-corrected chi connectivity index (χ0v) is 14.0. The first kappa shape index (κ1) is 17.9. The van der Waals surface area contributed by atoms with Gasteiger partial charge in [-0.2, -0.15) is 8.78 Å². The molecule has 4 nitrogen and oxygen atoms in total. The first-order chi connectivity index (χ1) is 9.66. The van der Waals surface area contributed by atoms with Crippen LogP contribution in [-0.4, -0.2) is 30.6 Å². The Hall–Kier alpha value is -1.12. The molecule has 0 atom stereocenters. The number of ether oxygens (including phenoxy) is 1. The van der Waals surface area contributed by atoms with Crippen LogP contribution in [-0.2, 0) is 6.54 Å². The van der Waals surface area contributed by atoms with Gasteiger partial charge in [-0.25, -0.2) is 4.99 Å². The van der Waals surface area contributed by atoms with E-state index < -0.39 is 6.61 Å². The van der Waals surface area contributed by atoms with Crippen molar-refractivity contribution in [3.05, 3.63) is 29.8 Å². The van der Waals surface area contributed by atoms with Crippen molar-refractivity contribution >= 4 is 29.9 Å². The van der Waals surface area contributed by atoms with Crippen LogP contribution in [0.5, 0.6) is 5.75 Å². The second kappa shape index (κ2) is 9.01. The van der Waals surface area contributed by atoms with Gasteiger partial charge in [0.25, 0.3) is 0 Å². The van der Waals surface area contributed by atoms with E-state index in [-0.39, 0.29) is 36.3 Å². The zero-order chi connectivity index (χ0) is 14.4. The molecule has 0 aromatic heterocycles. The SMILES string of the molecule is I.NC(=NCc1ccccc1OC(F)F)N1CCCCC1. The molecule has 0 amide bonds. The molecule has 1 saturated heterocycles. The lowest BCUT2D eigenvalue weighted by Gasteiger charge is -2.27. The van der Waals surface area contributed by atoms with Crippen LogP contribution in [0.25, 0.3) is 0 Å². The summed E-state index contributed by atoms with van der Waals surface area (Å²) < 4.78 is 29.1. The van der Waals surface area contributed by atoms with Crippen LogP contribution in [0.1, 0.15) is 24.8 Å². The number of guanidine groups is 1. The third kappa shape index (κ3) is 5.64. The Bertz CT molecular complexity index is 465. The summed E-state index contributed by atoms with van der Waals surface area (Å²) in [7, 11) is 0. The third-order valence-electron chi connectivity index (χ3n) is 3.28. The molecule has 0 saturated carbocycles. The summed E-state index contributed by atoms with van der Waals surface area (Å²) >= 11 is 0. The van der Waals surface area contributed by atoms with Crippen LogP contribution in [0.3, 0.4) is 0 Å². The van der Waals surface area contributed by atoms with E-state index in [0.717, 1.165) is 25.9 Å². The summed E-state index contributed by atoms with van der Waals surface area (Å²) in [5, 5.41) is 0. The van der Waals surface area contributed by atoms with E-state index in [9.17, 15) is 8.78 Å². The van der Waals surface area contributed by atoms with Gasteiger partial charge in [-0.3, -0.25) is 0 Å². The van der Waals surface area contributed by atoms with Gasteiger partial charge in [0.2, 0.25) is 0 Å². The predicted molar refractivity (Wildman–Crippen MR) is 89.2 cm³/mol. The molecule has 1 aliphatic heterocycles. The Balaban J connectivity index is 0.00000220. The highest BCUT2D eigenvalue weighted by Crippen LogP contribution is 2.21. The highest BCUT2D eigenvalue weighted by molar-refractivity contribution is 14.0. The molecule has 21 heavy (non-hydrogen) atoms. The third-order valence-corrected chi connectivity index (χ3v) is 3.28. The fourth-order valence-electron chi connectivity index (χ4n) is 2.23. The van der Waals surface area contributed by atoms with Gasteiger partial charge < -0.3 is 15.4 Å². The minimum atomic E-state index is -2.83. The van der Waals surface area contributed by atoms with Gasteiger partial charge in [0.05, 0.1) is 6.54 Å². The molecule has 1 aromatic rings. The van der Waals surface area contributed by atoms with Gasteiger partial charge in [0.15, 0.2) is 5.96 Å². The molecule has 7 heteroatoms. The highest BCUT2D eigenvalue weighted by atomic mass is 127. The Kier molecular flexibility index (Phi) is 7.69. The molecule has 1 fully saturated rings. The number of para-hydroxylation sites is 1. The van der Waals surface area contributed by atoms with Crippen LogP contribution < -0.4 is 10.5 Å². The Morgan fingerprint density at radius 3 is 2.57 bits per heavy atom. The van der Waals surface area contributed by atoms with E-state index >= 15 is 0 Å². The van der Waals surface area contributed by atoms with E-state index in [4.69, 9.17) is 5.73 Å². The van der Waals surface area contributed by atoms with Crippen molar-refractivity contribution in [3.63, 3.8) is 0 Å². The molecule has 2 N–H and O–H groups in total. The van der Waals surface area contributed by atoms with Crippen molar-refractivity contribution in [1.82, 2.24) is 4.90 Å². The molecule has 1 heterocycles. The van der Waals surface area contributed by atoms with Crippen LogP contribution in [0, 0.1) is 0 Å². The Morgan fingerprint density at radius 2 is 1.90 bits per heavy atom. The molecule has 0 bridgehead atoms. The number of hydrogen-bond donors (Lipinski definition) is 1. The topological polar surface area (TPSA) is 50.9 Å². The largest absolute Gasteiger partial charge is 0.434 e. The molecule has 118 valence electrons. The van der Waals surface area contributed by atoms with Crippen LogP contribution in [0.15, 0.2) is 29.3 Å². The number of nitrogens with two attached hydrogens (primary N) is 1. The summed E-state index contributed by atoms with van der Waals surface area (Å²) in [6.45, 7) is -0.778. The smallest absolute Gasteiger partial charge is 0.387 e. The predicted octanol–water partition coefficient (Wildman–Crippen LogP) is 3.21. The van der Waals surface area contributed by atoms with E-state index in [1.807, 2.05) is 4.90 Å². The molecular formula is C14H20F2IN3O. The number of hydrogen-bond acceptors (Lipinski definition) is 2. The minimum Gasteiger partial charge on any atom is -0.434 e. The number of rotatable bonds is 4. The summed E-state index contributed by atoms with van der Waals surface area (Å²) in [5.74, 6) is 0.620. The summed E-state index contributed by atoms with van der Waals surface area (Å²) in [6, 6.07) is 6.64. The average Bonchev–Trinajstić information content (AvgIpc) is 2.46. The maximum Gasteiger partial charge on any atom is 0.387 e. The van der Waals surface area contributed by atoms with Crippen molar-refractivity contribution in [2.45, 2.75) is 32.4 Å². The van der Waals surface area contributed by atoms with Crippen molar-refractivity contribution in [1.29, 1.82) is 0 Å². The van der Waals surface area contributed by atoms with Crippen molar-refractivity contribution in [2.24, 2.45) is 10.7 Å². The summed E-state index contributed by atoms with van der Waals surface area (Å²) in [4.78, 5) is 6.31. The Morgan fingerprint density at radius 1 is 1.24 bits per heavy atom. The number of piperidine rings is 1. The Labute approximate surface area is 140 Å². The maximum atomic E-state index is 12.3. The molecular weight excluding hydrogens is 391 g/mol. The molecule has 0 spiro atoms. The van der Waals surface area contributed by atoms with Gasteiger partial charge in [-0.05, 0) is 25.3 Å². The fourth-order valence-corrected chi connectivity index (χ4v) is 2.23. The second-order valence-electron chi connectivity index (χ2n) is 4.71. The van der Waals surface area contributed by atoms with Gasteiger partial charge in [-0.15, -0.1) is 24.0 Å². The summed E-state index contributed by atoms with van der Waals surface area (Å²) in [6.07, 6.45) is 3.44. The first-order valence-corrected chi connectivity index (χ1v) is 6.74. The van der Waals surface area contributed by atoms with Crippen molar-refractivity contribution in [2.75, 3.05) is 13.1 Å². The zero-order valence-electron chi connectivity index (χ0n) is 11.7. The van der Waals surface area contributed by atoms with Crippen LogP contribution >= 0.6 is 24.0 Å². The van der Waals surface area contributed by atoms with Gasteiger partial charge >= 0.3 is 6.61 Å². The molecule has 0 unspecified atom stereocenters. The van der Waals surface area contributed by atoms with E-state index in [2.05, 4.69) is 9.73 Å². The van der Waals surface area contributed by atoms with Gasteiger partial charge in [-0.1, -0.05) is 18.2 Å². The second-order valence-corrected chi connectivity index (χ2v) is 4.71. The number of likely N-dealkylation sites (tertiary alicyclic amines) is 1. The standard InChI is InChI=1S/C14H19F2N3O.HI/c15-13(16)20-12-7-3-2-6-11(12)10-18-14(17)19-8-4-1-5-9-19;/h2-3,6-7,13H,1,4-5,8-10H2,(H2,17,18);1H. The molecule has 2 rings (SSSR count). The lowest BCUT2D eigenvalue weighted by molar-refractivity contribution is -0.0504. The van der Waals surface area contributed by atoms with E-state index in [1.165, 1.54) is 12.5 Å². The normalized spacial score (nSPS) is 15.8. The van der Waals surface area contributed by atoms with Gasteiger partial charge in [0, 0.05) is 18.7 Å². The molecule has 0 aliphatic carbocycles. The number of nitrogens with zero attached hydrogens (tertiary/aromatic N) is 2. The molecule has 1 aliphatic rings. The lowest BCUT2D eigenvalue weighted by atomic mass is 10.1. The van der Waals surface area contributed by atoms with Crippen molar-refractivity contribution in [3.8, 4) is 5.75 Å². The fraction of sp³-hybridized carbons (Fsp3) is 0.500. The first-order valence-electron chi connectivity index (χ1n) is 6.74. The lowest BCUT2D eigenvalue weighted by Crippen LogP contribution is -2.40. The minimum absolute atomic E-state index is 0. The van der Waals surface area contributed by atoms with Gasteiger partial charge in [0.1, 0.15) is 5.75 Å². The number of halogens is 3. The number of benzene rings is 1. The highest BCUT2D eigenvalue weighted by Gasteiger charge is 2.13. The van der Waals surface area contributed by atoms with Crippen LogP contribution in [0.4, 0.5) is 8.78 Å².